The Labute approximate surface area is 128 Å². The Hall–Kier alpha value is -2.14. The van der Waals surface area contributed by atoms with Crippen molar-refractivity contribution in [2.45, 2.75) is 26.3 Å². The van der Waals surface area contributed by atoms with Gasteiger partial charge in [0.2, 0.25) is 11.8 Å². The van der Waals surface area contributed by atoms with Gasteiger partial charge in [-0.15, -0.1) is 11.3 Å². The van der Waals surface area contributed by atoms with Crippen molar-refractivity contribution < 1.29 is 9.59 Å². The smallest absolute Gasteiger partial charge is 0.226 e. The minimum Gasteiger partial charge on any atom is -0.348 e. The fraction of sp³-hybridized carbons (Fsp3) is 0.250. The Balaban J connectivity index is 2.05. The van der Waals surface area contributed by atoms with E-state index in [1.54, 1.807) is 0 Å². The fourth-order valence-electron chi connectivity index (χ4n) is 2.06. The number of para-hydroxylation sites is 1. The first-order chi connectivity index (χ1) is 10.1. The maximum absolute atomic E-state index is 12.2. The van der Waals surface area contributed by atoms with Gasteiger partial charge in [0, 0.05) is 17.5 Å². The third-order valence-electron chi connectivity index (χ3n) is 3.07. The van der Waals surface area contributed by atoms with E-state index in [1.807, 2.05) is 48.7 Å². The molecule has 110 valence electrons. The van der Waals surface area contributed by atoms with E-state index in [4.69, 9.17) is 0 Å². The Bertz CT molecular complexity index is 623. The SMILES string of the molecule is CC(=O)NC(CC(=O)Nc1ccccc1C)c1cccs1. The van der Waals surface area contributed by atoms with Gasteiger partial charge in [0.25, 0.3) is 0 Å². The van der Waals surface area contributed by atoms with Crippen LogP contribution in [0.3, 0.4) is 0 Å². The Kier molecular flexibility index (Phi) is 5.11. The highest BCUT2D eigenvalue weighted by Gasteiger charge is 2.18. The molecule has 21 heavy (non-hydrogen) atoms. The molecule has 1 aromatic heterocycles. The Morgan fingerprint density at radius 1 is 1.19 bits per heavy atom. The highest BCUT2D eigenvalue weighted by atomic mass is 32.1. The lowest BCUT2D eigenvalue weighted by Crippen LogP contribution is -2.29. The molecule has 0 aliphatic carbocycles. The summed E-state index contributed by atoms with van der Waals surface area (Å²) in [6, 6.07) is 11.2. The molecular weight excluding hydrogens is 284 g/mol. The molecule has 5 heteroatoms. The predicted molar refractivity (Wildman–Crippen MR) is 85.3 cm³/mol. The van der Waals surface area contributed by atoms with E-state index in [1.165, 1.54) is 18.3 Å². The molecule has 2 rings (SSSR count). The van der Waals surface area contributed by atoms with E-state index in [-0.39, 0.29) is 24.3 Å². The highest BCUT2D eigenvalue weighted by molar-refractivity contribution is 7.10. The molecule has 1 unspecified atom stereocenters. The number of hydrogen-bond donors (Lipinski definition) is 2. The predicted octanol–water partition coefficient (Wildman–Crippen LogP) is 3.26. The Morgan fingerprint density at radius 3 is 2.57 bits per heavy atom. The molecule has 1 heterocycles. The molecule has 0 radical (unpaired) electrons. The number of aryl methyl sites for hydroxylation is 1. The van der Waals surface area contributed by atoms with Crippen LogP contribution in [-0.2, 0) is 9.59 Å². The molecule has 0 aliphatic rings. The number of nitrogens with one attached hydrogen (secondary N) is 2. The van der Waals surface area contributed by atoms with Crippen LogP contribution in [0.15, 0.2) is 41.8 Å². The van der Waals surface area contributed by atoms with E-state index in [0.717, 1.165) is 16.1 Å². The summed E-state index contributed by atoms with van der Waals surface area (Å²) < 4.78 is 0. The van der Waals surface area contributed by atoms with Crippen LogP contribution in [0.4, 0.5) is 5.69 Å². The molecule has 0 aliphatic heterocycles. The summed E-state index contributed by atoms with van der Waals surface area (Å²) in [7, 11) is 0. The standard InChI is InChI=1S/C16H18N2O2S/c1-11-6-3-4-7-13(11)18-16(20)10-14(17-12(2)19)15-8-5-9-21-15/h3-9,14H,10H2,1-2H3,(H,17,19)(H,18,20). The Morgan fingerprint density at radius 2 is 1.95 bits per heavy atom. The second kappa shape index (κ2) is 7.04. The van der Waals surface area contributed by atoms with Crippen molar-refractivity contribution in [3.8, 4) is 0 Å². The van der Waals surface area contributed by atoms with Gasteiger partial charge in [0.05, 0.1) is 12.5 Å². The maximum atomic E-state index is 12.2. The quantitative estimate of drug-likeness (QED) is 0.890. The topological polar surface area (TPSA) is 58.2 Å². The molecule has 4 nitrogen and oxygen atoms in total. The average Bonchev–Trinajstić information content (AvgIpc) is 2.94. The molecular formula is C16H18N2O2S. The zero-order valence-corrected chi connectivity index (χ0v) is 12.9. The molecule has 2 amide bonds. The monoisotopic (exact) mass is 302 g/mol. The fourth-order valence-corrected chi connectivity index (χ4v) is 2.84. The first-order valence-corrected chi connectivity index (χ1v) is 7.60. The minimum absolute atomic E-state index is 0.114. The van der Waals surface area contributed by atoms with Crippen molar-refractivity contribution >= 4 is 28.8 Å². The third kappa shape index (κ3) is 4.43. The maximum Gasteiger partial charge on any atom is 0.226 e. The lowest BCUT2D eigenvalue weighted by atomic mass is 10.1. The molecule has 0 fully saturated rings. The van der Waals surface area contributed by atoms with Crippen LogP contribution < -0.4 is 10.6 Å². The number of amides is 2. The lowest BCUT2D eigenvalue weighted by molar-refractivity contribution is -0.120. The summed E-state index contributed by atoms with van der Waals surface area (Å²) in [5.41, 5.74) is 1.81. The first-order valence-electron chi connectivity index (χ1n) is 6.72. The van der Waals surface area contributed by atoms with E-state index in [2.05, 4.69) is 10.6 Å². The van der Waals surface area contributed by atoms with Crippen LogP contribution in [0.1, 0.15) is 29.8 Å². The summed E-state index contributed by atoms with van der Waals surface area (Å²) in [5.74, 6) is -0.256. The van der Waals surface area contributed by atoms with E-state index < -0.39 is 0 Å². The number of hydrogen-bond acceptors (Lipinski definition) is 3. The molecule has 1 atom stereocenters. The van der Waals surface area contributed by atoms with Gasteiger partial charge in [-0.3, -0.25) is 9.59 Å². The van der Waals surface area contributed by atoms with Crippen LogP contribution in [0.5, 0.6) is 0 Å². The molecule has 1 aromatic carbocycles. The number of benzene rings is 1. The van der Waals surface area contributed by atoms with Gasteiger partial charge in [0.15, 0.2) is 0 Å². The normalized spacial score (nSPS) is 11.7. The molecule has 2 N–H and O–H groups in total. The second-order valence-corrected chi connectivity index (χ2v) is 5.82. The van der Waals surface area contributed by atoms with Gasteiger partial charge < -0.3 is 10.6 Å². The summed E-state index contributed by atoms with van der Waals surface area (Å²) in [6.07, 6.45) is 0.217. The lowest BCUT2D eigenvalue weighted by Gasteiger charge is -2.16. The van der Waals surface area contributed by atoms with Gasteiger partial charge >= 0.3 is 0 Å². The number of rotatable bonds is 5. The number of carbonyl (C=O) groups is 2. The zero-order chi connectivity index (χ0) is 15.2. The van der Waals surface area contributed by atoms with Crippen molar-refractivity contribution in [1.29, 1.82) is 0 Å². The summed E-state index contributed by atoms with van der Waals surface area (Å²) in [5, 5.41) is 7.65. The minimum atomic E-state index is -0.286. The van der Waals surface area contributed by atoms with Gasteiger partial charge in [-0.2, -0.15) is 0 Å². The van der Waals surface area contributed by atoms with Crippen molar-refractivity contribution in [3.63, 3.8) is 0 Å². The number of anilines is 1. The van der Waals surface area contributed by atoms with Crippen LogP contribution >= 0.6 is 11.3 Å². The van der Waals surface area contributed by atoms with Gasteiger partial charge in [-0.05, 0) is 30.0 Å². The van der Waals surface area contributed by atoms with Crippen molar-refractivity contribution in [3.05, 3.63) is 52.2 Å². The van der Waals surface area contributed by atoms with E-state index in [0.29, 0.717) is 0 Å². The van der Waals surface area contributed by atoms with Crippen LogP contribution in [0.25, 0.3) is 0 Å². The van der Waals surface area contributed by atoms with Gasteiger partial charge in [-0.25, -0.2) is 0 Å². The van der Waals surface area contributed by atoms with Gasteiger partial charge in [-0.1, -0.05) is 24.3 Å². The van der Waals surface area contributed by atoms with E-state index >= 15 is 0 Å². The zero-order valence-electron chi connectivity index (χ0n) is 12.1. The van der Waals surface area contributed by atoms with Crippen molar-refractivity contribution in [2.24, 2.45) is 0 Å². The first kappa shape index (κ1) is 15.3. The van der Waals surface area contributed by atoms with Crippen LogP contribution in [-0.4, -0.2) is 11.8 Å². The second-order valence-electron chi connectivity index (χ2n) is 4.84. The molecule has 0 saturated carbocycles. The van der Waals surface area contributed by atoms with Crippen LogP contribution in [0.2, 0.25) is 0 Å². The molecule has 0 bridgehead atoms. The third-order valence-corrected chi connectivity index (χ3v) is 4.06. The highest BCUT2D eigenvalue weighted by Crippen LogP contribution is 2.23. The number of thiophene rings is 1. The largest absolute Gasteiger partial charge is 0.348 e. The van der Waals surface area contributed by atoms with Gasteiger partial charge in [0.1, 0.15) is 0 Å². The molecule has 0 spiro atoms. The van der Waals surface area contributed by atoms with E-state index in [9.17, 15) is 9.59 Å². The molecule has 2 aromatic rings. The average molecular weight is 302 g/mol. The van der Waals surface area contributed by atoms with Crippen molar-refractivity contribution in [1.82, 2.24) is 5.32 Å². The molecule has 0 saturated heterocycles. The summed E-state index contributed by atoms with van der Waals surface area (Å²) in [6.45, 7) is 3.40. The van der Waals surface area contributed by atoms with Crippen molar-refractivity contribution in [2.75, 3.05) is 5.32 Å². The number of carbonyl (C=O) groups excluding carboxylic acids is 2. The summed E-state index contributed by atoms with van der Waals surface area (Å²) in [4.78, 5) is 24.5. The summed E-state index contributed by atoms with van der Waals surface area (Å²) >= 11 is 1.53. The van der Waals surface area contributed by atoms with Crippen LogP contribution in [0, 0.1) is 6.92 Å².